The molecule has 0 unspecified atom stereocenters. The summed E-state index contributed by atoms with van der Waals surface area (Å²) in [6, 6.07) is 7.80. The molecule has 1 aromatic carbocycles. The number of nitrogens with one attached hydrogen (secondary N) is 1. The lowest BCUT2D eigenvalue weighted by atomic mass is 10.0. The van der Waals surface area contributed by atoms with Crippen LogP contribution in [0.1, 0.15) is 31.2 Å². The number of hydrogen-bond donors (Lipinski definition) is 3. The van der Waals surface area contributed by atoms with Gasteiger partial charge in [-0.2, -0.15) is 0 Å². The van der Waals surface area contributed by atoms with Crippen molar-refractivity contribution in [2.24, 2.45) is 5.73 Å². The second kappa shape index (κ2) is 9.80. The molecule has 0 radical (unpaired) electrons. The zero-order valence-corrected chi connectivity index (χ0v) is 15.6. The van der Waals surface area contributed by atoms with Gasteiger partial charge in [-0.25, -0.2) is 4.79 Å². The summed E-state index contributed by atoms with van der Waals surface area (Å²) in [5, 5.41) is 10.0. The van der Waals surface area contributed by atoms with E-state index in [-0.39, 0.29) is 18.4 Å². The molecule has 148 valence electrons. The quantitative estimate of drug-likeness (QED) is 0.688. The maximum Gasteiger partial charge on any atom is 0.315 e. The summed E-state index contributed by atoms with van der Waals surface area (Å²) in [4.78, 5) is 36.1. The van der Waals surface area contributed by atoms with E-state index in [1.807, 2.05) is 0 Å². The van der Waals surface area contributed by atoms with Gasteiger partial charge in [0.1, 0.15) is 6.04 Å². The second-order valence-electron chi connectivity index (χ2n) is 6.90. The summed E-state index contributed by atoms with van der Waals surface area (Å²) >= 11 is 0. The van der Waals surface area contributed by atoms with Crippen LogP contribution in [0.5, 0.6) is 0 Å². The Morgan fingerprint density at radius 1 is 1.22 bits per heavy atom. The second-order valence-corrected chi connectivity index (χ2v) is 6.90. The fraction of sp³-hybridized carbons (Fsp3) is 0.526. The summed E-state index contributed by atoms with van der Waals surface area (Å²) in [7, 11) is 0. The van der Waals surface area contributed by atoms with E-state index in [1.54, 1.807) is 0 Å². The van der Waals surface area contributed by atoms with Crippen molar-refractivity contribution < 1.29 is 19.5 Å². The molecule has 3 rings (SSSR count). The number of likely N-dealkylation sites (tertiary alicyclic amines) is 1. The molecule has 27 heavy (non-hydrogen) atoms. The maximum atomic E-state index is 12.5. The summed E-state index contributed by atoms with van der Waals surface area (Å²) in [6.45, 7) is 4.29. The number of nitrogens with two attached hydrogens (primary N) is 1. The first-order chi connectivity index (χ1) is 13.0. The number of hydrogen-bond acceptors (Lipinski definition) is 4. The number of rotatable bonds is 3. The van der Waals surface area contributed by atoms with Crippen molar-refractivity contribution in [3.63, 3.8) is 0 Å². The van der Waals surface area contributed by atoms with Gasteiger partial charge >= 0.3 is 6.03 Å². The fourth-order valence-corrected chi connectivity index (χ4v) is 3.71. The molecule has 1 aromatic rings. The van der Waals surface area contributed by atoms with E-state index in [0.717, 1.165) is 32.4 Å². The molecule has 0 spiro atoms. The van der Waals surface area contributed by atoms with E-state index < -0.39 is 12.1 Å². The molecule has 2 fully saturated rings. The van der Waals surface area contributed by atoms with Crippen molar-refractivity contribution in [3.8, 4) is 0 Å². The first-order valence-corrected chi connectivity index (χ1v) is 9.22. The van der Waals surface area contributed by atoms with Crippen molar-refractivity contribution >= 4 is 24.1 Å². The average molecular weight is 376 g/mol. The van der Waals surface area contributed by atoms with Gasteiger partial charge in [0.05, 0.1) is 0 Å². The lowest BCUT2D eigenvalue weighted by Crippen LogP contribution is -2.52. The van der Waals surface area contributed by atoms with Crippen molar-refractivity contribution in [3.05, 3.63) is 29.8 Å². The smallest absolute Gasteiger partial charge is 0.315 e. The van der Waals surface area contributed by atoms with Crippen LogP contribution in [0, 0.1) is 6.92 Å². The Hall–Kier alpha value is -2.77. The highest BCUT2D eigenvalue weighted by Crippen LogP contribution is 2.22. The Balaban J connectivity index is 0.000000817. The molecule has 2 heterocycles. The first kappa shape index (κ1) is 20.5. The van der Waals surface area contributed by atoms with Crippen LogP contribution < -0.4 is 16.0 Å². The van der Waals surface area contributed by atoms with Gasteiger partial charge in [-0.1, -0.05) is 12.1 Å². The number of nitrogens with zero attached hydrogens (tertiary/aromatic N) is 2. The molecule has 8 heteroatoms. The fourth-order valence-electron chi connectivity index (χ4n) is 3.71. The van der Waals surface area contributed by atoms with Crippen LogP contribution >= 0.6 is 0 Å². The van der Waals surface area contributed by atoms with E-state index in [9.17, 15) is 9.59 Å². The molecule has 4 N–H and O–H groups in total. The van der Waals surface area contributed by atoms with E-state index in [4.69, 9.17) is 15.6 Å². The summed E-state index contributed by atoms with van der Waals surface area (Å²) in [5.74, 6) is -0.0553. The minimum absolute atomic E-state index is 0.0553. The van der Waals surface area contributed by atoms with E-state index in [1.165, 1.54) is 16.2 Å². The largest absolute Gasteiger partial charge is 0.483 e. The van der Waals surface area contributed by atoms with Gasteiger partial charge in [0.25, 0.3) is 6.47 Å². The number of anilines is 1. The van der Waals surface area contributed by atoms with Crippen molar-refractivity contribution in [1.82, 2.24) is 10.2 Å². The minimum Gasteiger partial charge on any atom is -0.483 e. The number of carbonyl (C=O) groups excluding carboxylic acids is 2. The number of aryl methyl sites for hydroxylation is 1. The van der Waals surface area contributed by atoms with Crippen LogP contribution in [-0.2, 0) is 9.59 Å². The number of urea groups is 1. The van der Waals surface area contributed by atoms with Gasteiger partial charge in [0.15, 0.2) is 0 Å². The van der Waals surface area contributed by atoms with E-state index in [2.05, 4.69) is 41.4 Å². The maximum absolute atomic E-state index is 12.5. The molecule has 0 saturated carbocycles. The van der Waals surface area contributed by atoms with Crippen LogP contribution in [0.2, 0.25) is 0 Å². The molecule has 2 aliphatic heterocycles. The topological polar surface area (TPSA) is 116 Å². The predicted octanol–water partition coefficient (Wildman–Crippen LogP) is 1.32. The zero-order chi connectivity index (χ0) is 19.8. The SMILES string of the molecule is Cc1cccc(N2CCC(NC(=O)[C@@H]3CCCN3C(N)=O)CC2)c1.O=CO. The third-order valence-electron chi connectivity index (χ3n) is 5.05. The Morgan fingerprint density at radius 3 is 2.48 bits per heavy atom. The predicted molar refractivity (Wildman–Crippen MR) is 103 cm³/mol. The lowest BCUT2D eigenvalue weighted by molar-refractivity contribution is -0.125. The number of carboxylic acid groups (broad SMARTS) is 1. The molecule has 2 aliphatic rings. The molecule has 2 saturated heterocycles. The van der Waals surface area contributed by atoms with E-state index in [0.29, 0.717) is 13.0 Å². The Morgan fingerprint density at radius 2 is 1.89 bits per heavy atom. The van der Waals surface area contributed by atoms with Crippen LogP contribution in [0.25, 0.3) is 0 Å². The van der Waals surface area contributed by atoms with Gasteiger partial charge in [-0.05, 0) is 50.3 Å². The standard InChI is InChI=1S/C18H26N4O2.CH2O2/c1-13-4-2-5-15(12-13)21-10-7-14(8-11-21)20-17(23)16-6-3-9-22(16)18(19)24;2-1-3/h2,4-5,12,14,16H,3,6-11H2,1H3,(H2,19,24)(H,20,23);1H,(H,2,3)/t16-;/m0./s1. The summed E-state index contributed by atoms with van der Waals surface area (Å²) in [5.41, 5.74) is 7.86. The third kappa shape index (κ3) is 5.60. The summed E-state index contributed by atoms with van der Waals surface area (Å²) < 4.78 is 0. The molecule has 0 aromatic heterocycles. The van der Waals surface area contributed by atoms with Crippen molar-refractivity contribution in [2.45, 2.75) is 44.7 Å². The minimum atomic E-state index is -0.498. The monoisotopic (exact) mass is 376 g/mol. The number of carbonyl (C=O) groups is 3. The normalized spacial score (nSPS) is 19.8. The number of primary amides is 1. The van der Waals surface area contributed by atoms with Gasteiger partial charge in [-0.3, -0.25) is 9.59 Å². The highest BCUT2D eigenvalue weighted by molar-refractivity contribution is 5.87. The molecule has 0 bridgehead atoms. The highest BCUT2D eigenvalue weighted by Gasteiger charge is 2.34. The Labute approximate surface area is 159 Å². The molecule has 0 aliphatic carbocycles. The highest BCUT2D eigenvalue weighted by atomic mass is 16.3. The number of piperidine rings is 1. The number of benzene rings is 1. The van der Waals surface area contributed by atoms with Crippen LogP contribution in [0.15, 0.2) is 24.3 Å². The van der Waals surface area contributed by atoms with Crippen LogP contribution in [0.3, 0.4) is 0 Å². The zero-order valence-electron chi connectivity index (χ0n) is 15.6. The van der Waals surface area contributed by atoms with E-state index >= 15 is 0 Å². The van der Waals surface area contributed by atoms with Crippen molar-refractivity contribution in [1.29, 1.82) is 0 Å². The van der Waals surface area contributed by atoms with Crippen LogP contribution in [-0.4, -0.2) is 60.1 Å². The average Bonchev–Trinajstić information content (AvgIpc) is 3.13. The molecular weight excluding hydrogens is 348 g/mol. The molecule has 3 amide bonds. The molecule has 8 nitrogen and oxygen atoms in total. The Kier molecular flexibility index (Phi) is 7.45. The third-order valence-corrected chi connectivity index (χ3v) is 5.05. The van der Waals surface area contributed by atoms with Gasteiger partial charge in [0.2, 0.25) is 5.91 Å². The first-order valence-electron chi connectivity index (χ1n) is 9.22. The van der Waals surface area contributed by atoms with Gasteiger partial charge in [0, 0.05) is 31.4 Å². The summed E-state index contributed by atoms with van der Waals surface area (Å²) in [6.07, 6.45) is 3.38. The van der Waals surface area contributed by atoms with Crippen LogP contribution in [0.4, 0.5) is 10.5 Å². The molecule has 1 atom stereocenters. The van der Waals surface area contributed by atoms with Gasteiger partial charge in [-0.15, -0.1) is 0 Å². The molecular formula is C19H28N4O4. The Bertz CT molecular complexity index is 659. The lowest BCUT2D eigenvalue weighted by Gasteiger charge is -2.35. The van der Waals surface area contributed by atoms with Crippen molar-refractivity contribution in [2.75, 3.05) is 24.5 Å². The number of amides is 3. The van der Waals surface area contributed by atoms with Gasteiger partial charge < -0.3 is 26.0 Å².